The lowest BCUT2D eigenvalue weighted by atomic mass is 10.0. The summed E-state index contributed by atoms with van der Waals surface area (Å²) in [5.41, 5.74) is 3.79. The molecule has 2 aromatic carbocycles. The van der Waals surface area contributed by atoms with Crippen molar-refractivity contribution in [3.8, 4) is 17.0 Å². The van der Waals surface area contributed by atoms with Crippen molar-refractivity contribution in [3.05, 3.63) is 59.7 Å². The number of halogens is 1. The zero-order valence-electron chi connectivity index (χ0n) is 13.7. The zero-order valence-corrected chi connectivity index (χ0v) is 14.4. The van der Waals surface area contributed by atoms with Crippen LogP contribution in [0.25, 0.3) is 22.2 Å². The standard InChI is InChI=1S/C20H18ClNO2/c1-3-11-24-18-10-5-4-8-15(18)17-12-16(20(21)23)14-9-6-7-13(2)19(14)22-17/h4-10,12H,3,11H2,1-2H3. The van der Waals surface area contributed by atoms with Gasteiger partial charge in [-0.1, -0.05) is 37.3 Å². The maximum absolute atomic E-state index is 11.9. The lowest BCUT2D eigenvalue weighted by Gasteiger charge is -2.13. The fourth-order valence-electron chi connectivity index (χ4n) is 2.71. The summed E-state index contributed by atoms with van der Waals surface area (Å²) in [5.74, 6) is 0.757. The Hall–Kier alpha value is -2.39. The summed E-state index contributed by atoms with van der Waals surface area (Å²) in [6, 6.07) is 15.2. The second-order valence-corrected chi connectivity index (χ2v) is 5.99. The predicted octanol–water partition coefficient (Wildman–Crippen LogP) is 5.38. The Balaban J connectivity index is 2.24. The zero-order chi connectivity index (χ0) is 17.1. The molecule has 0 bridgehead atoms. The molecule has 0 aliphatic carbocycles. The molecule has 0 radical (unpaired) electrons. The van der Waals surface area contributed by atoms with Crippen molar-refractivity contribution in [1.29, 1.82) is 0 Å². The van der Waals surface area contributed by atoms with E-state index in [0.717, 1.165) is 34.2 Å². The maximum atomic E-state index is 11.9. The Labute approximate surface area is 146 Å². The molecule has 4 heteroatoms. The summed E-state index contributed by atoms with van der Waals surface area (Å²) in [4.78, 5) is 16.7. The molecule has 0 unspecified atom stereocenters. The largest absolute Gasteiger partial charge is 0.493 e. The van der Waals surface area contributed by atoms with Crippen LogP contribution in [0.4, 0.5) is 0 Å². The van der Waals surface area contributed by atoms with E-state index in [9.17, 15) is 4.79 Å². The molecule has 1 aromatic heterocycles. The molecular weight excluding hydrogens is 322 g/mol. The lowest BCUT2D eigenvalue weighted by Crippen LogP contribution is -2.00. The lowest BCUT2D eigenvalue weighted by molar-refractivity contribution is 0.108. The van der Waals surface area contributed by atoms with Gasteiger partial charge in [-0.15, -0.1) is 0 Å². The number of benzene rings is 2. The number of ether oxygens (including phenoxy) is 1. The SMILES string of the molecule is CCCOc1ccccc1-c1cc(C(=O)Cl)c2cccc(C)c2n1. The highest BCUT2D eigenvalue weighted by Gasteiger charge is 2.15. The smallest absolute Gasteiger partial charge is 0.253 e. The number of fused-ring (bicyclic) bond motifs is 1. The number of hydrogen-bond acceptors (Lipinski definition) is 3. The third-order valence-electron chi connectivity index (χ3n) is 3.88. The summed E-state index contributed by atoms with van der Waals surface area (Å²) in [5, 5.41) is 0.284. The molecule has 0 amide bonds. The van der Waals surface area contributed by atoms with Gasteiger partial charge in [0.15, 0.2) is 0 Å². The van der Waals surface area contributed by atoms with E-state index < -0.39 is 5.24 Å². The number of aromatic nitrogens is 1. The number of para-hydroxylation sites is 2. The maximum Gasteiger partial charge on any atom is 0.253 e. The van der Waals surface area contributed by atoms with Crippen molar-refractivity contribution in [2.75, 3.05) is 6.61 Å². The van der Waals surface area contributed by atoms with Gasteiger partial charge in [-0.3, -0.25) is 4.79 Å². The summed E-state index contributed by atoms with van der Waals surface area (Å²) in [6.45, 7) is 4.66. The second kappa shape index (κ2) is 7.02. The average molecular weight is 340 g/mol. The van der Waals surface area contributed by atoms with E-state index in [2.05, 4.69) is 6.92 Å². The molecule has 1 heterocycles. The molecule has 0 aliphatic heterocycles. The first-order valence-electron chi connectivity index (χ1n) is 7.94. The van der Waals surface area contributed by atoms with E-state index >= 15 is 0 Å². The Kier molecular flexibility index (Phi) is 4.81. The molecule has 0 saturated heterocycles. The van der Waals surface area contributed by atoms with E-state index in [1.807, 2.05) is 49.4 Å². The van der Waals surface area contributed by atoms with E-state index in [-0.39, 0.29) is 0 Å². The normalized spacial score (nSPS) is 10.8. The van der Waals surface area contributed by atoms with Gasteiger partial charge in [0.2, 0.25) is 0 Å². The van der Waals surface area contributed by atoms with Crippen LogP contribution in [0.2, 0.25) is 0 Å². The highest BCUT2D eigenvalue weighted by Crippen LogP contribution is 2.32. The van der Waals surface area contributed by atoms with Gasteiger partial charge in [-0.25, -0.2) is 4.98 Å². The van der Waals surface area contributed by atoms with Gasteiger partial charge in [0, 0.05) is 16.5 Å². The summed E-state index contributed by atoms with van der Waals surface area (Å²) in [6.07, 6.45) is 0.921. The van der Waals surface area contributed by atoms with Crippen LogP contribution in [-0.2, 0) is 0 Å². The average Bonchev–Trinajstić information content (AvgIpc) is 2.59. The monoisotopic (exact) mass is 339 g/mol. The van der Waals surface area contributed by atoms with E-state index in [0.29, 0.717) is 17.9 Å². The van der Waals surface area contributed by atoms with Gasteiger partial charge in [-0.05, 0) is 48.7 Å². The number of hydrogen-bond donors (Lipinski definition) is 0. The first-order chi connectivity index (χ1) is 11.6. The van der Waals surface area contributed by atoms with E-state index in [1.54, 1.807) is 6.07 Å². The van der Waals surface area contributed by atoms with Gasteiger partial charge < -0.3 is 4.74 Å². The summed E-state index contributed by atoms with van der Waals surface area (Å²) in [7, 11) is 0. The van der Waals surface area contributed by atoms with Crippen LogP contribution < -0.4 is 4.74 Å². The molecule has 0 N–H and O–H groups in total. The quantitative estimate of drug-likeness (QED) is 0.586. The van der Waals surface area contributed by atoms with Gasteiger partial charge in [0.1, 0.15) is 5.75 Å². The van der Waals surface area contributed by atoms with Gasteiger partial charge in [0.05, 0.1) is 17.8 Å². The van der Waals surface area contributed by atoms with Crippen LogP contribution in [0.3, 0.4) is 0 Å². The second-order valence-electron chi connectivity index (χ2n) is 5.64. The van der Waals surface area contributed by atoms with Crippen molar-refractivity contribution < 1.29 is 9.53 Å². The van der Waals surface area contributed by atoms with Crippen LogP contribution in [0, 0.1) is 6.92 Å². The highest BCUT2D eigenvalue weighted by molar-refractivity contribution is 6.68. The van der Waals surface area contributed by atoms with Crippen molar-refractivity contribution >= 4 is 27.7 Å². The van der Waals surface area contributed by atoms with Gasteiger partial charge >= 0.3 is 0 Å². The summed E-state index contributed by atoms with van der Waals surface area (Å²) >= 11 is 5.82. The number of rotatable bonds is 5. The minimum atomic E-state index is -0.485. The fourth-order valence-corrected chi connectivity index (χ4v) is 2.86. The van der Waals surface area contributed by atoms with Crippen LogP contribution in [0.5, 0.6) is 5.75 Å². The number of pyridine rings is 1. The molecule has 0 fully saturated rings. The molecular formula is C20H18ClNO2. The molecule has 122 valence electrons. The van der Waals surface area contributed by atoms with Crippen molar-refractivity contribution in [2.45, 2.75) is 20.3 Å². The first kappa shape index (κ1) is 16.5. The van der Waals surface area contributed by atoms with Crippen LogP contribution in [-0.4, -0.2) is 16.8 Å². The molecule has 3 aromatic rings. The molecule has 3 rings (SSSR count). The highest BCUT2D eigenvalue weighted by atomic mass is 35.5. The van der Waals surface area contributed by atoms with Crippen LogP contribution >= 0.6 is 11.6 Å². The fraction of sp³-hybridized carbons (Fsp3) is 0.200. The van der Waals surface area contributed by atoms with Crippen molar-refractivity contribution in [2.24, 2.45) is 0 Å². The van der Waals surface area contributed by atoms with E-state index in [4.69, 9.17) is 21.3 Å². The molecule has 0 aliphatic rings. The Morgan fingerprint density at radius 3 is 2.71 bits per heavy atom. The molecule has 0 spiro atoms. The molecule has 0 atom stereocenters. The number of nitrogens with zero attached hydrogens (tertiary/aromatic N) is 1. The Morgan fingerprint density at radius 2 is 1.96 bits per heavy atom. The number of carbonyl (C=O) groups is 1. The predicted molar refractivity (Wildman–Crippen MR) is 97.9 cm³/mol. The van der Waals surface area contributed by atoms with Crippen LogP contribution in [0.1, 0.15) is 29.3 Å². The van der Waals surface area contributed by atoms with Crippen molar-refractivity contribution in [3.63, 3.8) is 0 Å². The third-order valence-corrected chi connectivity index (χ3v) is 4.08. The van der Waals surface area contributed by atoms with Crippen molar-refractivity contribution in [1.82, 2.24) is 4.98 Å². The Morgan fingerprint density at radius 1 is 1.17 bits per heavy atom. The van der Waals surface area contributed by atoms with Gasteiger partial charge in [-0.2, -0.15) is 0 Å². The number of carbonyl (C=O) groups excluding carboxylic acids is 1. The summed E-state index contributed by atoms with van der Waals surface area (Å²) < 4.78 is 5.83. The minimum Gasteiger partial charge on any atom is -0.493 e. The molecule has 0 saturated carbocycles. The topological polar surface area (TPSA) is 39.2 Å². The van der Waals surface area contributed by atoms with E-state index in [1.165, 1.54) is 0 Å². The Bertz CT molecular complexity index is 905. The van der Waals surface area contributed by atoms with Gasteiger partial charge in [0.25, 0.3) is 5.24 Å². The first-order valence-corrected chi connectivity index (χ1v) is 8.32. The van der Waals surface area contributed by atoms with Crippen LogP contribution in [0.15, 0.2) is 48.5 Å². The third kappa shape index (κ3) is 3.13. The number of aryl methyl sites for hydroxylation is 1. The molecule has 3 nitrogen and oxygen atoms in total. The molecule has 24 heavy (non-hydrogen) atoms. The minimum absolute atomic E-state index is 0.464.